The molecule has 1 amide bonds. The summed E-state index contributed by atoms with van der Waals surface area (Å²) in [5.74, 6) is 0.244. The van der Waals surface area contributed by atoms with Crippen molar-refractivity contribution < 1.29 is 9.53 Å². The minimum Gasteiger partial charge on any atom is -0.449 e. The van der Waals surface area contributed by atoms with Gasteiger partial charge in [0.25, 0.3) is 0 Å². The van der Waals surface area contributed by atoms with E-state index < -0.39 is 0 Å². The molecule has 0 bridgehead atoms. The molecule has 2 N–H and O–H groups in total. The van der Waals surface area contributed by atoms with Crippen LogP contribution in [0.25, 0.3) is 0 Å². The number of nitrogen functional groups attached to an aromatic ring is 1. The number of ether oxygens (including phenoxy) is 1. The molecule has 1 aromatic rings. The number of carbonyl (C=O) groups is 1. The topological polar surface area (TPSA) is 55.6 Å². The molecule has 4 nitrogen and oxygen atoms in total. The van der Waals surface area contributed by atoms with Crippen molar-refractivity contribution in [3.8, 4) is 0 Å². The average molecular weight is 206 g/mol. The summed E-state index contributed by atoms with van der Waals surface area (Å²) in [5, 5.41) is 0. The zero-order chi connectivity index (χ0) is 10.8. The third-order valence-corrected chi connectivity index (χ3v) is 2.62. The minimum atomic E-state index is -0.248. The highest BCUT2D eigenvalue weighted by Gasteiger charge is 2.25. The van der Waals surface area contributed by atoms with Crippen LogP contribution >= 0.6 is 0 Å². The summed E-state index contributed by atoms with van der Waals surface area (Å²) < 4.78 is 5.04. The lowest BCUT2D eigenvalue weighted by atomic mass is 9.98. The number of hydrogen-bond acceptors (Lipinski definition) is 3. The van der Waals surface area contributed by atoms with Gasteiger partial charge in [0.05, 0.1) is 0 Å². The number of benzene rings is 1. The second-order valence-corrected chi connectivity index (χ2v) is 3.82. The van der Waals surface area contributed by atoms with E-state index in [1.54, 1.807) is 11.9 Å². The molecule has 0 spiro atoms. The van der Waals surface area contributed by atoms with Gasteiger partial charge in [0, 0.05) is 25.2 Å². The summed E-state index contributed by atoms with van der Waals surface area (Å²) in [4.78, 5) is 12.7. The van der Waals surface area contributed by atoms with E-state index in [1.807, 2.05) is 24.3 Å². The molecule has 0 radical (unpaired) electrons. The van der Waals surface area contributed by atoms with Crippen LogP contribution in [0.1, 0.15) is 11.5 Å². The van der Waals surface area contributed by atoms with Gasteiger partial charge in [-0.05, 0) is 17.7 Å². The van der Waals surface area contributed by atoms with Crippen LogP contribution in [0.5, 0.6) is 0 Å². The average Bonchev–Trinajstić information content (AvgIpc) is 2.23. The van der Waals surface area contributed by atoms with E-state index in [1.165, 1.54) is 0 Å². The van der Waals surface area contributed by atoms with Crippen molar-refractivity contribution in [3.63, 3.8) is 0 Å². The predicted octanol–water partition coefficient (Wildman–Crippen LogP) is 1.43. The Hall–Kier alpha value is -1.71. The number of cyclic esters (lactones) is 1. The Morgan fingerprint density at radius 2 is 2.07 bits per heavy atom. The van der Waals surface area contributed by atoms with Crippen molar-refractivity contribution in [1.82, 2.24) is 4.90 Å². The van der Waals surface area contributed by atoms with Crippen molar-refractivity contribution >= 4 is 11.8 Å². The van der Waals surface area contributed by atoms with Gasteiger partial charge >= 0.3 is 6.09 Å². The van der Waals surface area contributed by atoms with Crippen LogP contribution in [-0.2, 0) is 4.74 Å². The molecule has 2 rings (SSSR count). The van der Waals surface area contributed by atoms with Crippen LogP contribution in [0.15, 0.2) is 24.3 Å². The van der Waals surface area contributed by atoms with Crippen LogP contribution in [0.3, 0.4) is 0 Å². The molecular weight excluding hydrogens is 192 g/mol. The Morgan fingerprint density at radius 1 is 1.40 bits per heavy atom. The van der Waals surface area contributed by atoms with Crippen LogP contribution in [0, 0.1) is 0 Å². The van der Waals surface area contributed by atoms with E-state index in [9.17, 15) is 4.79 Å². The first-order valence-corrected chi connectivity index (χ1v) is 4.90. The monoisotopic (exact) mass is 206 g/mol. The smallest absolute Gasteiger partial charge is 0.409 e. The van der Waals surface area contributed by atoms with E-state index in [4.69, 9.17) is 10.5 Å². The number of carbonyl (C=O) groups excluding carboxylic acids is 1. The number of amides is 1. The summed E-state index contributed by atoms with van der Waals surface area (Å²) in [6.07, 6.45) is -0.248. The molecule has 1 unspecified atom stereocenters. The molecule has 1 fully saturated rings. The summed E-state index contributed by atoms with van der Waals surface area (Å²) in [6, 6.07) is 7.69. The quantitative estimate of drug-likeness (QED) is 0.707. The SMILES string of the molecule is CN1CC(c2ccc(N)cc2)COC1=O. The molecule has 0 aliphatic carbocycles. The first kappa shape index (κ1) is 9.83. The Labute approximate surface area is 88.6 Å². The lowest BCUT2D eigenvalue weighted by molar-refractivity contribution is 0.0718. The highest BCUT2D eigenvalue weighted by atomic mass is 16.6. The highest BCUT2D eigenvalue weighted by Crippen LogP contribution is 2.22. The van der Waals surface area contributed by atoms with Gasteiger partial charge in [-0.15, -0.1) is 0 Å². The summed E-state index contributed by atoms with van der Waals surface area (Å²) in [7, 11) is 1.74. The van der Waals surface area contributed by atoms with Crippen molar-refractivity contribution in [1.29, 1.82) is 0 Å². The fourth-order valence-electron chi connectivity index (χ4n) is 1.71. The summed E-state index contributed by atoms with van der Waals surface area (Å²) in [6.45, 7) is 1.15. The predicted molar refractivity (Wildman–Crippen MR) is 57.6 cm³/mol. The summed E-state index contributed by atoms with van der Waals surface area (Å²) >= 11 is 0. The van der Waals surface area contributed by atoms with E-state index in [0.29, 0.717) is 13.2 Å². The molecule has 4 heteroatoms. The number of nitrogens with zero attached hydrogens (tertiary/aromatic N) is 1. The molecular formula is C11H14N2O2. The van der Waals surface area contributed by atoms with Crippen LogP contribution in [0.4, 0.5) is 10.5 Å². The third-order valence-electron chi connectivity index (χ3n) is 2.62. The number of rotatable bonds is 1. The maximum Gasteiger partial charge on any atom is 0.409 e. The molecule has 0 aromatic heterocycles. The van der Waals surface area contributed by atoms with Gasteiger partial charge < -0.3 is 15.4 Å². The van der Waals surface area contributed by atoms with Crippen LogP contribution in [-0.4, -0.2) is 31.2 Å². The van der Waals surface area contributed by atoms with Crippen LogP contribution in [0.2, 0.25) is 0 Å². The molecule has 80 valence electrons. The molecule has 1 aliphatic heterocycles. The molecule has 0 saturated carbocycles. The van der Waals surface area contributed by atoms with Crippen molar-refractivity contribution in [3.05, 3.63) is 29.8 Å². The van der Waals surface area contributed by atoms with Gasteiger partial charge in [-0.3, -0.25) is 0 Å². The third kappa shape index (κ3) is 2.03. The highest BCUT2D eigenvalue weighted by molar-refractivity contribution is 5.68. The van der Waals surface area contributed by atoms with Gasteiger partial charge in [-0.1, -0.05) is 12.1 Å². The normalized spacial score (nSPS) is 21.3. The molecule has 1 aliphatic rings. The van der Waals surface area contributed by atoms with E-state index in [0.717, 1.165) is 11.3 Å². The van der Waals surface area contributed by atoms with Gasteiger partial charge in [-0.2, -0.15) is 0 Å². The second kappa shape index (κ2) is 3.81. The fraction of sp³-hybridized carbons (Fsp3) is 0.364. The molecule has 15 heavy (non-hydrogen) atoms. The van der Waals surface area contributed by atoms with Gasteiger partial charge in [0.1, 0.15) is 6.61 Å². The largest absolute Gasteiger partial charge is 0.449 e. The Balaban J connectivity index is 2.12. The standard InChI is InChI=1S/C11H14N2O2/c1-13-6-9(7-15-11(13)14)8-2-4-10(12)5-3-8/h2-5,9H,6-7,12H2,1H3. The molecule has 1 heterocycles. The minimum absolute atomic E-state index is 0.244. The summed E-state index contributed by atoms with van der Waals surface area (Å²) in [5.41, 5.74) is 7.52. The first-order valence-electron chi connectivity index (χ1n) is 4.90. The molecule has 1 saturated heterocycles. The van der Waals surface area contributed by atoms with E-state index in [-0.39, 0.29) is 12.0 Å². The number of likely N-dealkylation sites (N-methyl/N-ethyl adjacent to an activating group) is 1. The maximum absolute atomic E-state index is 11.1. The number of hydrogen-bond donors (Lipinski definition) is 1. The maximum atomic E-state index is 11.1. The Morgan fingerprint density at radius 3 is 2.67 bits per heavy atom. The lowest BCUT2D eigenvalue weighted by Gasteiger charge is -2.29. The zero-order valence-electron chi connectivity index (χ0n) is 8.64. The van der Waals surface area contributed by atoms with Crippen molar-refractivity contribution in [2.24, 2.45) is 0 Å². The first-order chi connectivity index (χ1) is 7.16. The van der Waals surface area contributed by atoms with E-state index in [2.05, 4.69) is 0 Å². The van der Waals surface area contributed by atoms with E-state index >= 15 is 0 Å². The second-order valence-electron chi connectivity index (χ2n) is 3.82. The van der Waals surface area contributed by atoms with Gasteiger partial charge in [0.2, 0.25) is 0 Å². The lowest BCUT2D eigenvalue weighted by Crippen LogP contribution is -2.39. The molecule has 1 atom stereocenters. The van der Waals surface area contributed by atoms with Crippen LogP contribution < -0.4 is 5.73 Å². The fourth-order valence-corrected chi connectivity index (χ4v) is 1.71. The van der Waals surface area contributed by atoms with Gasteiger partial charge in [0.15, 0.2) is 0 Å². The number of nitrogens with two attached hydrogens (primary N) is 1. The number of anilines is 1. The Kier molecular flexibility index (Phi) is 2.49. The molecule has 1 aromatic carbocycles. The van der Waals surface area contributed by atoms with Crippen molar-refractivity contribution in [2.75, 3.05) is 25.9 Å². The van der Waals surface area contributed by atoms with Crippen molar-refractivity contribution in [2.45, 2.75) is 5.92 Å². The zero-order valence-corrected chi connectivity index (χ0v) is 8.64. The van der Waals surface area contributed by atoms with Gasteiger partial charge in [-0.25, -0.2) is 4.79 Å². The Bertz CT molecular complexity index is 361.